The number of carbonyl (C=O) groups excluding carboxylic acids is 2. The molecule has 28 heavy (non-hydrogen) atoms. The maximum Gasteiger partial charge on any atom is 0.254 e. The van der Waals surface area contributed by atoms with Crippen molar-refractivity contribution in [3.8, 4) is 0 Å². The second-order valence-corrected chi connectivity index (χ2v) is 8.87. The molecule has 1 saturated carbocycles. The summed E-state index contributed by atoms with van der Waals surface area (Å²) in [4.78, 5) is 28.0. The van der Waals surface area contributed by atoms with Crippen LogP contribution in [0.25, 0.3) is 0 Å². The lowest BCUT2D eigenvalue weighted by Crippen LogP contribution is -2.19. The van der Waals surface area contributed by atoms with Crippen LogP contribution in [0.15, 0.2) is 35.4 Å². The van der Waals surface area contributed by atoms with Crippen LogP contribution in [-0.2, 0) is 14.6 Å². The van der Waals surface area contributed by atoms with Gasteiger partial charge in [0.1, 0.15) is 5.15 Å². The number of carbonyl (C=O) groups is 2. The standard InChI is InChI=1S/C18H19ClN4O4S/c1-20-18(25)12-9-21-16(19)8-13(12)23-14-7-11(22-17(24)10-3-4-10)5-6-15(14)28(2,26)27/h5-10H,3-4H2,1-2H3,(H,20,25)(H,21,23)(H,22,24). The normalized spacial score (nSPS) is 13.7. The van der Waals surface area contributed by atoms with Gasteiger partial charge < -0.3 is 16.0 Å². The van der Waals surface area contributed by atoms with Crippen molar-refractivity contribution in [2.75, 3.05) is 23.9 Å². The van der Waals surface area contributed by atoms with Crippen LogP contribution in [0.5, 0.6) is 0 Å². The first-order valence-corrected chi connectivity index (χ1v) is 10.8. The van der Waals surface area contributed by atoms with Crippen LogP contribution in [0.4, 0.5) is 17.1 Å². The van der Waals surface area contributed by atoms with Crippen molar-refractivity contribution in [2.45, 2.75) is 17.7 Å². The van der Waals surface area contributed by atoms with E-state index in [4.69, 9.17) is 11.6 Å². The molecule has 1 aromatic heterocycles. The second-order valence-electron chi connectivity index (χ2n) is 6.50. The summed E-state index contributed by atoms with van der Waals surface area (Å²) < 4.78 is 24.4. The Kier molecular flexibility index (Phi) is 5.57. The molecule has 0 saturated heterocycles. The first-order valence-electron chi connectivity index (χ1n) is 8.48. The minimum absolute atomic E-state index is 0.00449. The zero-order valence-electron chi connectivity index (χ0n) is 15.2. The quantitative estimate of drug-likeness (QED) is 0.616. The van der Waals surface area contributed by atoms with Crippen molar-refractivity contribution in [1.29, 1.82) is 0 Å². The molecule has 1 aromatic carbocycles. The van der Waals surface area contributed by atoms with Crippen LogP contribution in [0.1, 0.15) is 23.2 Å². The molecule has 1 aliphatic carbocycles. The fraction of sp³-hybridized carbons (Fsp3) is 0.278. The number of halogens is 1. The van der Waals surface area contributed by atoms with Crippen LogP contribution < -0.4 is 16.0 Å². The molecule has 148 valence electrons. The maximum atomic E-state index is 12.2. The molecular formula is C18H19ClN4O4S. The number of aromatic nitrogens is 1. The molecule has 0 aliphatic heterocycles. The first-order chi connectivity index (χ1) is 13.2. The summed E-state index contributed by atoms with van der Waals surface area (Å²) in [6.45, 7) is 0. The number of amides is 2. The molecule has 1 aliphatic rings. The molecule has 2 aromatic rings. The summed E-state index contributed by atoms with van der Waals surface area (Å²) in [5, 5.41) is 8.35. The third-order valence-corrected chi connectivity index (χ3v) is 5.57. The lowest BCUT2D eigenvalue weighted by Gasteiger charge is -2.16. The van der Waals surface area contributed by atoms with Crippen LogP contribution >= 0.6 is 11.6 Å². The van der Waals surface area contributed by atoms with Gasteiger partial charge in [-0.3, -0.25) is 9.59 Å². The van der Waals surface area contributed by atoms with Crippen LogP contribution in [-0.4, -0.2) is 38.5 Å². The number of nitrogens with zero attached hydrogens (tertiary/aromatic N) is 1. The van der Waals surface area contributed by atoms with Crippen LogP contribution in [0.3, 0.4) is 0 Å². The Morgan fingerprint density at radius 1 is 1.18 bits per heavy atom. The van der Waals surface area contributed by atoms with Gasteiger partial charge in [-0.05, 0) is 37.1 Å². The Bertz CT molecular complexity index is 1050. The number of hydrogen-bond donors (Lipinski definition) is 3. The first kappa shape index (κ1) is 20.1. The number of benzene rings is 1. The van der Waals surface area contributed by atoms with Gasteiger partial charge in [-0.15, -0.1) is 0 Å². The van der Waals surface area contributed by atoms with Gasteiger partial charge in [-0.1, -0.05) is 11.6 Å². The van der Waals surface area contributed by atoms with Gasteiger partial charge in [0, 0.05) is 31.1 Å². The molecule has 1 heterocycles. The minimum Gasteiger partial charge on any atom is -0.355 e. The Morgan fingerprint density at radius 2 is 1.89 bits per heavy atom. The summed E-state index contributed by atoms with van der Waals surface area (Å²) in [7, 11) is -2.11. The average molecular weight is 423 g/mol. The molecule has 1 fully saturated rings. The van der Waals surface area contributed by atoms with Gasteiger partial charge in [-0.2, -0.15) is 0 Å². The molecule has 0 bridgehead atoms. The van der Waals surface area contributed by atoms with Crippen molar-refractivity contribution in [1.82, 2.24) is 10.3 Å². The van der Waals surface area contributed by atoms with Gasteiger partial charge in [0.25, 0.3) is 5.91 Å². The van der Waals surface area contributed by atoms with Crippen molar-refractivity contribution in [3.63, 3.8) is 0 Å². The highest BCUT2D eigenvalue weighted by molar-refractivity contribution is 7.90. The predicted molar refractivity (Wildman–Crippen MR) is 107 cm³/mol. The van der Waals surface area contributed by atoms with Gasteiger partial charge in [0.2, 0.25) is 5.91 Å². The van der Waals surface area contributed by atoms with E-state index in [1.807, 2.05) is 0 Å². The van der Waals surface area contributed by atoms with E-state index in [2.05, 4.69) is 20.9 Å². The molecule has 10 heteroatoms. The molecule has 3 N–H and O–H groups in total. The molecule has 0 atom stereocenters. The Hall–Kier alpha value is -2.65. The fourth-order valence-electron chi connectivity index (χ4n) is 2.61. The minimum atomic E-state index is -3.58. The summed E-state index contributed by atoms with van der Waals surface area (Å²) >= 11 is 5.94. The van der Waals surface area contributed by atoms with Gasteiger partial charge in [0.05, 0.1) is 21.8 Å². The molecule has 3 rings (SSSR count). The van der Waals surface area contributed by atoms with E-state index in [-0.39, 0.29) is 38.8 Å². The fourth-order valence-corrected chi connectivity index (χ4v) is 3.60. The molecular weight excluding hydrogens is 404 g/mol. The molecule has 0 spiro atoms. The highest BCUT2D eigenvalue weighted by Gasteiger charge is 2.29. The number of pyridine rings is 1. The smallest absolute Gasteiger partial charge is 0.254 e. The third kappa shape index (κ3) is 4.60. The van der Waals surface area contributed by atoms with E-state index in [9.17, 15) is 18.0 Å². The summed E-state index contributed by atoms with van der Waals surface area (Å²) in [6.07, 6.45) is 4.07. The highest BCUT2D eigenvalue weighted by atomic mass is 35.5. The average Bonchev–Trinajstić information content (AvgIpc) is 3.45. The summed E-state index contributed by atoms with van der Waals surface area (Å²) in [6, 6.07) is 5.87. The van der Waals surface area contributed by atoms with Crippen molar-refractivity contribution in [3.05, 3.63) is 41.2 Å². The van der Waals surface area contributed by atoms with Gasteiger partial charge in [0.15, 0.2) is 9.84 Å². The highest BCUT2D eigenvalue weighted by Crippen LogP contribution is 2.33. The topological polar surface area (TPSA) is 117 Å². The molecule has 0 unspecified atom stereocenters. The number of anilines is 3. The van der Waals surface area contributed by atoms with E-state index >= 15 is 0 Å². The molecule has 0 radical (unpaired) electrons. The van der Waals surface area contributed by atoms with Gasteiger partial charge in [-0.25, -0.2) is 13.4 Å². The van der Waals surface area contributed by atoms with Crippen LogP contribution in [0, 0.1) is 5.92 Å². The van der Waals surface area contributed by atoms with Crippen molar-refractivity contribution in [2.24, 2.45) is 5.92 Å². The van der Waals surface area contributed by atoms with E-state index in [0.29, 0.717) is 5.69 Å². The summed E-state index contributed by atoms with van der Waals surface area (Å²) in [5.41, 5.74) is 1.14. The number of hydrogen-bond acceptors (Lipinski definition) is 6. The largest absolute Gasteiger partial charge is 0.355 e. The van der Waals surface area contributed by atoms with Crippen molar-refractivity contribution >= 4 is 50.3 Å². The lowest BCUT2D eigenvalue weighted by atomic mass is 10.2. The second kappa shape index (κ2) is 7.76. The van der Waals surface area contributed by atoms with E-state index in [1.54, 1.807) is 0 Å². The maximum absolute atomic E-state index is 12.2. The van der Waals surface area contributed by atoms with Gasteiger partial charge >= 0.3 is 0 Å². The molecule has 2 amide bonds. The number of sulfone groups is 1. The SMILES string of the molecule is CNC(=O)c1cnc(Cl)cc1Nc1cc(NC(=O)C2CC2)ccc1S(C)(=O)=O. The zero-order valence-corrected chi connectivity index (χ0v) is 16.8. The third-order valence-electron chi connectivity index (χ3n) is 4.21. The zero-order chi connectivity index (χ0) is 20.5. The summed E-state index contributed by atoms with van der Waals surface area (Å²) in [5.74, 6) is -0.508. The Morgan fingerprint density at radius 3 is 2.50 bits per heavy atom. The Balaban J connectivity index is 2.03. The van der Waals surface area contributed by atoms with E-state index in [0.717, 1.165) is 19.1 Å². The Labute approximate surface area is 167 Å². The van der Waals surface area contributed by atoms with E-state index in [1.165, 1.54) is 37.5 Å². The number of nitrogens with one attached hydrogen (secondary N) is 3. The van der Waals surface area contributed by atoms with Crippen molar-refractivity contribution < 1.29 is 18.0 Å². The molecule has 8 nitrogen and oxygen atoms in total. The lowest BCUT2D eigenvalue weighted by molar-refractivity contribution is -0.117. The number of rotatable bonds is 6. The monoisotopic (exact) mass is 422 g/mol. The predicted octanol–water partition coefficient (Wildman–Crippen LogP) is 2.59. The van der Waals surface area contributed by atoms with E-state index < -0.39 is 15.7 Å². The van der Waals surface area contributed by atoms with Crippen LogP contribution in [0.2, 0.25) is 5.15 Å².